The molecule has 102 valence electrons. The maximum atomic E-state index is 6.55. The topological polar surface area (TPSA) is 43.8 Å². The van der Waals surface area contributed by atoms with Crippen LogP contribution in [0, 0.1) is 5.92 Å². The van der Waals surface area contributed by atoms with Crippen LogP contribution >= 0.6 is 0 Å². The van der Waals surface area contributed by atoms with Gasteiger partial charge >= 0.3 is 0 Å². The third-order valence-corrected chi connectivity index (χ3v) is 4.37. The standard InChI is InChI=1S/C15H27N3/c1-4-13(3)18-9-7-14(17-18)11-15(16)8-5-6-12(2)10-15/h7,9,12-13H,4-6,8,10-11,16H2,1-3H3. The van der Waals surface area contributed by atoms with E-state index in [0.29, 0.717) is 6.04 Å². The van der Waals surface area contributed by atoms with Crippen LogP contribution in [0.4, 0.5) is 0 Å². The zero-order chi connectivity index (χ0) is 13.2. The Labute approximate surface area is 111 Å². The average Bonchev–Trinajstić information content (AvgIpc) is 2.75. The molecular formula is C15H27N3. The third-order valence-electron chi connectivity index (χ3n) is 4.37. The van der Waals surface area contributed by atoms with Crippen molar-refractivity contribution in [1.82, 2.24) is 9.78 Å². The minimum absolute atomic E-state index is 0.0215. The number of hydrogen-bond donors (Lipinski definition) is 1. The highest BCUT2D eigenvalue weighted by Crippen LogP contribution is 2.32. The molecule has 1 saturated carbocycles. The van der Waals surface area contributed by atoms with Gasteiger partial charge in [0, 0.05) is 24.2 Å². The van der Waals surface area contributed by atoms with Crippen molar-refractivity contribution in [3.63, 3.8) is 0 Å². The lowest BCUT2D eigenvalue weighted by atomic mass is 9.75. The molecular weight excluding hydrogens is 222 g/mol. The van der Waals surface area contributed by atoms with E-state index >= 15 is 0 Å². The molecule has 0 aliphatic heterocycles. The number of aromatic nitrogens is 2. The molecule has 1 aromatic rings. The molecule has 0 amide bonds. The van der Waals surface area contributed by atoms with Crippen molar-refractivity contribution < 1.29 is 0 Å². The Balaban J connectivity index is 2.02. The predicted octanol–water partition coefficient (Wildman–Crippen LogP) is 3.30. The highest BCUT2D eigenvalue weighted by Gasteiger charge is 2.31. The Kier molecular flexibility index (Phi) is 4.10. The van der Waals surface area contributed by atoms with Crippen LogP contribution in [0.15, 0.2) is 12.3 Å². The molecule has 3 unspecified atom stereocenters. The van der Waals surface area contributed by atoms with Crippen LogP contribution in [-0.4, -0.2) is 15.3 Å². The van der Waals surface area contributed by atoms with Crippen LogP contribution in [0.1, 0.15) is 64.6 Å². The van der Waals surface area contributed by atoms with Gasteiger partial charge in [-0.3, -0.25) is 4.68 Å². The monoisotopic (exact) mass is 249 g/mol. The average molecular weight is 249 g/mol. The summed E-state index contributed by atoms with van der Waals surface area (Å²) in [6.07, 6.45) is 9.03. The molecule has 0 aromatic carbocycles. The molecule has 3 atom stereocenters. The van der Waals surface area contributed by atoms with Crippen molar-refractivity contribution in [2.45, 2.75) is 70.9 Å². The third kappa shape index (κ3) is 3.14. The molecule has 1 heterocycles. The van der Waals surface area contributed by atoms with E-state index in [1.165, 1.54) is 12.8 Å². The minimum atomic E-state index is -0.0215. The summed E-state index contributed by atoms with van der Waals surface area (Å²) in [5.74, 6) is 0.764. The summed E-state index contributed by atoms with van der Waals surface area (Å²) >= 11 is 0. The van der Waals surface area contributed by atoms with Crippen LogP contribution in [-0.2, 0) is 6.42 Å². The fraction of sp³-hybridized carbons (Fsp3) is 0.800. The summed E-state index contributed by atoms with van der Waals surface area (Å²) in [5, 5.41) is 4.68. The maximum absolute atomic E-state index is 6.55. The second kappa shape index (κ2) is 5.43. The van der Waals surface area contributed by atoms with Gasteiger partial charge in [-0.25, -0.2) is 0 Å². The van der Waals surface area contributed by atoms with Crippen LogP contribution in [0.25, 0.3) is 0 Å². The summed E-state index contributed by atoms with van der Waals surface area (Å²) in [6.45, 7) is 6.72. The van der Waals surface area contributed by atoms with Gasteiger partial charge in [-0.15, -0.1) is 0 Å². The van der Waals surface area contributed by atoms with Crippen LogP contribution in [0.2, 0.25) is 0 Å². The molecule has 1 aromatic heterocycles. The Hall–Kier alpha value is -0.830. The lowest BCUT2D eigenvalue weighted by Crippen LogP contribution is -2.45. The Morgan fingerprint density at radius 2 is 2.39 bits per heavy atom. The smallest absolute Gasteiger partial charge is 0.0643 e. The first-order valence-corrected chi connectivity index (χ1v) is 7.35. The molecule has 3 nitrogen and oxygen atoms in total. The van der Waals surface area contributed by atoms with E-state index in [9.17, 15) is 0 Å². The van der Waals surface area contributed by atoms with E-state index in [-0.39, 0.29) is 5.54 Å². The second-order valence-electron chi connectivity index (χ2n) is 6.29. The van der Waals surface area contributed by atoms with Gasteiger partial charge in [0.25, 0.3) is 0 Å². The van der Waals surface area contributed by atoms with Crippen molar-refractivity contribution >= 4 is 0 Å². The van der Waals surface area contributed by atoms with Gasteiger partial charge in [0.15, 0.2) is 0 Å². The highest BCUT2D eigenvalue weighted by molar-refractivity contribution is 5.07. The van der Waals surface area contributed by atoms with Crippen LogP contribution < -0.4 is 5.73 Å². The summed E-state index contributed by atoms with van der Waals surface area (Å²) < 4.78 is 2.07. The largest absolute Gasteiger partial charge is 0.325 e. The SMILES string of the molecule is CCC(C)n1ccc(CC2(N)CCCC(C)C2)n1. The van der Waals surface area contributed by atoms with Crippen molar-refractivity contribution in [2.24, 2.45) is 11.7 Å². The summed E-state index contributed by atoms with van der Waals surface area (Å²) in [5.41, 5.74) is 7.69. The van der Waals surface area contributed by atoms with Gasteiger partial charge in [-0.1, -0.05) is 26.7 Å². The highest BCUT2D eigenvalue weighted by atomic mass is 15.3. The molecule has 0 bridgehead atoms. The molecule has 0 radical (unpaired) electrons. The number of nitrogens with two attached hydrogens (primary N) is 1. The number of rotatable bonds is 4. The zero-order valence-corrected chi connectivity index (χ0v) is 12.0. The quantitative estimate of drug-likeness (QED) is 0.889. The molecule has 3 heteroatoms. The molecule has 18 heavy (non-hydrogen) atoms. The van der Waals surface area contributed by atoms with Crippen LogP contribution in [0.3, 0.4) is 0 Å². The normalized spacial score (nSPS) is 30.3. The van der Waals surface area contributed by atoms with Gasteiger partial charge in [0.05, 0.1) is 5.69 Å². The fourth-order valence-corrected chi connectivity index (χ4v) is 3.13. The summed E-state index contributed by atoms with van der Waals surface area (Å²) in [4.78, 5) is 0. The fourth-order valence-electron chi connectivity index (χ4n) is 3.13. The summed E-state index contributed by atoms with van der Waals surface area (Å²) in [6, 6.07) is 2.62. The van der Waals surface area contributed by atoms with Gasteiger partial charge in [-0.2, -0.15) is 5.10 Å². The van der Waals surface area contributed by atoms with E-state index in [4.69, 9.17) is 5.73 Å². The summed E-state index contributed by atoms with van der Waals surface area (Å²) in [7, 11) is 0. The number of nitrogens with zero attached hydrogens (tertiary/aromatic N) is 2. The van der Waals surface area contributed by atoms with Crippen LogP contribution in [0.5, 0.6) is 0 Å². The minimum Gasteiger partial charge on any atom is -0.325 e. The molecule has 1 aliphatic carbocycles. The molecule has 2 rings (SSSR count). The maximum Gasteiger partial charge on any atom is 0.0643 e. The lowest BCUT2D eigenvalue weighted by molar-refractivity contribution is 0.233. The van der Waals surface area contributed by atoms with E-state index < -0.39 is 0 Å². The first kappa shape index (κ1) is 13.6. The molecule has 1 aliphatic rings. The Morgan fingerprint density at radius 1 is 1.61 bits per heavy atom. The van der Waals surface area contributed by atoms with E-state index in [1.54, 1.807) is 0 Å². The van der Waals surface area contributed by atoms with Gasteiger partial charge in [-0.05, 0) is 38.2 Å². The van der Waals surface area contributed by atoms with Gasteiger partial charge in [0.2, 0.25) is 0 Å². The van der Waals surface area contributed by atoms with Crippen molar-refractivity contribution in [2.75, 3.05) is 0 Å². The predicted molar refractivity (Wildman–Crippen MR) is 75.5 cm³/mol. The van der Waals surface area contributed by atoms with Crippen molar-refractivity contribution in [1.29, 1.82) is 0 Å². The lowest BCUT2D eigenvalue weighted by Gasteiger charge is -2.36. The van der Waals surface area contributed by atoms with Gasteiger partial charge in [0.1, 0.15) is 0 Å². The molecule has 0 saturated heterocycles. The van der Waals surface area contributed by atoms with E-state index in [0.717, 1.165) is 37.3 Å². The van der Waals surface area contributed by atoms with Crippen molar-refractivity contribution in [3.8, 4) is 0 Å². The zero-order valence-electron chi connectivity index (χ0n) is 12.0. The Bertz CT molecular complexity index is 385. The molecule has 2 N–H and O–H groups in total. The second-order valence-corrected chi connectivity index (χ2v) is 6.29. The first-order valence-electron chi connectivity index (χ1n) is 7.35. The number of hydrogen-bond acceptors (Lipinski definition) is 2. The Morgan fingerprint density at radius 3 is 3.06 bits per heavy atom. The first-order chi connectivity index (χ1) is 8.52. The van der Waals surface area contributed by atoms with Crippen molar-refractivity contribution in [3.05, 3.63) is 18.0 Å². The van der Waals surface area contributed by atoms with E-state index in [2.05, 4.69) is 42.8 Å². The molecule has 1 fully saturated rings. The van der Waals surface area contributed by atoms with E-state index in [1.807, 2.05) is 0 Å². The van der Waals surface area contributed by atoms with Gasteiger partial charge < -0.3 is 5.73 Å². The molecule has 0 spiro atoms.